The number of nitrogens with zero attached hydrogens (tertiary/aromatic N) is 1. The average molecular weight is 155 g/mol. The van der Waals surface area contributed by atoms with Crippen LogP contribution in [-0.2, 0) is 4.84 Å². The van der Waals surface area contributed by atoms with Crippen LogP contribution in [0.1, 0.15) is 34.1 Å². The Morgan fingerprint density at radius 1 is 1.45 bits per heavy atom. The largest absolute Gasteiger partial charge is 0.395 e. The van der Waals surface area contributed by atoms with Crippen molar-refractivity contribution in [3.8, 4) is 0 Å². The second-order valence-electron chi connectivity index (χ2n) is 2.07. The van der Waals surface area contributed by atoms with Crippen LogP contribution in [0.4, 0.5) is 0 Å². The monoisotopic (exact) mass is 155 g/mol. The Bertz CT molecular complexity index is 159. The Hall–Kier alpha value is -0.790. The molecular formula is C9H17NO. The van der Waals surface area contributed by atoms with Crippen molar-refractivity contribution in [2.24, 2.45) is 5.16 Å². The van der Waals surface area contributed by atoms with Crippen molar-refractivity contribution < 1.29 is 4.84 Å². The van der Waals surface area contributed by atoms with E-state index in [0.29, 0.717) is 0 Å². The summed E-state index contributed by atoms with van der Waals surface area (Å²) in [4.78, 5) is 4.86. The Morgan fingerprint density at radius 3 is 2.45 bits per heavy atom. The van der Waals surface area contributed by atoms with Crippen LogP contribution >= 0.6 is 0 Å². The molecule has 1 heterocycles. The third kappa shape index (κ3) is 3.21. The van der Waals surface area contributed by atoms with Gasteiger partial charge in [-0.15, -0.1) is 0 Å². The summed E-state index contributed by atoms with van der Waals surface area (Å²) in [5.41, 5.74) is 2.32. The minimum absolute atomic E-state index is 0.733. The average Bonchev–Trinajstić information content (AvgIpc) is 2.09. The minimum atomic E-state index is 0.733. The van der Waals surface area contributed by atoms with Crippen LogP contribution in [0.2, 0.25) is 0 Å². The zero-order chi connectivity index (χ0) is 8.69. The topological polar surface area (TPSA) is 21.6 Å². The van der Waals surface area contributed by atoms with Gasteiger partial charge in [0.05, 0.1) is 5.71 Å². The number of rotatable bonds is 0. The molecule has 0 spiro atoms. The van der Waals surface area contributed by atoms with Crippen molar-refractivity contribution in [1.82, 2.24) is 0 Å². The van der Waals surface area contributed by atoms with E-state index in [4.69, 9.17) is 4.84 Å². The molecule has 0 N–H and O–H groups in total. The van der Waals surface area contributed by atoms with E-state index in [9.17, 15) is 0 Å². The van der Waals surface area contributed by atoms with E-state index in [1.54, 1.807) is 0 Å². The SMILES string of the molecule is C/C=C1/CCON=C1C.CC. The van der Waals surface area contributed by atoms with Crippen LogP contribution in [0, 0.1) is 0 Å². The Labute approximate surface area is 68.9 Å². The van der Waals surface area contributed by atoms with Gasteiger partial charge in [-0.2, -0.15) is 0 Å². The summed E-state index contributed by atoms with van der Waals surface area (Å²) in [7, 11) is 0. The standard InChI is InChI=1S/C7H11NO.C2H6/c1-3-7-4-5-9-8-6(7)2;1-2/h3H,4-5H2,1-2H3;1-2H3/b7-3-;. The minimum Gasteiger partial charge on any atom is -0.395 e. The highest BCUT2D eigenvalue weighted by atomic mass is 16.6. The van der Waals surface area contributed by atoms with E-state index in [2.05, 4.69) is 11.2 Å². The third-order valence-corrected chi connectivity index (χ3v) is 1.48. The molecule has 0 bridgehead atoms. The van der Waals surface area contributed by atoms with Crippen molar-refractivity contribution in [1.29, 1.82) is 0 Å². The zero-order valence-corrected chi connectivity index (χ0v) is 7.85. The molecule has 0 amide bonds. The van der Waals surface area contributed by atoms with Crippen LogP contribution in [0.3, 0.4) is 0 Å². The molecule has 2 nitrogen and oxygen atoms in total. The van der Waals surface area contributed by atoms with Gasteiger partial charge in [-0.3, -0.25) is 0 Å². The molecule has 0 aromatic carbocycles. The molecule has 1 aliphatic rings. The predicted molar refractivity (Wildman–Crippen MR) is 48.8 cm³/mol. The zero-order valence-electron chi connectivity index (χ0n) is 7.85. The van der Waals surface area contributed by atoms with Crippen LogP contribution in [0.5, 0.6) is 0 Å². The molecule has 0 saturated heterocycles. The third-order valence-electron chi connectivity index (χ3n) is 1.48. The first-order valence-corrected chi connectivity index (χ1v) is 4.16. The summed E-state index contributed by atoms with van der Waals surface area (Å²) < 4.78 is 0. The molecule has 0 aromatic rings. The molecule has 64 valence electrons. The number of hydrogen-bond donors (Lipinski definition) is 0. The molecule has 0 fully saturated rings. The van der Waals surface area contributed by atoms with Crippen molar-refractivity contribution in [3.63, 3.8) is 0 Å². The van der Waals surface area contributed by atoms with E-state index in [1.165, 1.54) is 5.57 Å². The molecule has 0 atom stereocenters. The molecule has 11 heavy (non-hydrogen) atoms. The molecule has 1 aliphatic heterocycles. The van der Waals surface area contributed by atoms with Crippen LogP contribution < -0.4 is 0 Å². The fourth-order valence-corrected chi connectivity index (χ4v) is 0.891. The van der Waals surface area contributed by atoms with Gasteiger partial charge in [0.2, 0.25) is 0 Å². The lowest BCUT2D eigenvalue weighted by molar-refractivity contribution is 0.140. The fraction of sp³-hybridized carbons (Fsp3) is 0.667. The van der Waals surface area contributed by atoms with Crippen molar-refractivity contribution >= 4 is 5.71 Å². The van der Waals surface area contributed by atoms with Crippen molar-refractivity contribution in [2.45, 2.75) is 34.1 Å². The second-order valence-corrected chi connectivity index (χ2v) is 2.07. The van der Waals surface area contributed by atoms with Gasteiger partial charge < -0.3 is 4.84 Å². The summed E-state index contributed by atoms with van der Waals surface area (Å²) in [6.45, 7) is 8.73. The smallest absolute Gasteiger partial charge is 0.121 e. The fourth-order valence-electron chi connectivity index (χ4n) is 0.891. The quantitative estimate of drug-likeness (QED) is 0.527. The van der Waals surface area contributed by atoms with Gasteiger partial charge in [-0.25, -0.2) is 0 Å². The molecule has 0 radical (unpaired) electrons. The van der Waals surface area contributed by atoms with E-state index < -0.39 is 0 Å². The van der Waals surface area contributed by atoms with Crippen LogP contribution in [0.15, 0.2) is 16.8 Å². The Kier molecular flexibility index (Phi) is 5.53. The van der Waals surface area contributed by atoms with Crippen molar-refractivity contribution in [3.05, 3.63) is 11.6 Å². The normalized spacial score (nSPS) is 19.6. The van der Waals surface area contributed by atoms with E-state index in [0.717, 1.165) is 18.7 Å². The first kappa shape index (κ1) is 10.2. The lowest BCUT2D eigenvalue weighted by Gasteiger charge is -2.10. The molecule has 0 aromatic heterocycles. The van der Waals surface area contributed by atoms with Crippen LogP contribution in [0.25, 0.3) is 0 Å². The number of hydrogen-bond acceptors (Lipinski definition) is 2. The van der Waals surface area contributed by atoms with Crippen molar-refractivity contribution in [2.75, 3.05) is 6.61 Å². The first-order chi connectivity index (χ1) is 5.34. The molecular weight excluding hydrogens is 138 g/mol. The summed E-state index contributed by atoms with van der Waals surface area (Å²) >= 11 is 0. The second kappa shape index (κ2) is 5.96. The van der Waals surface area contributed by atoms with Gasteiger partial charge in [0.25, 0.3) is 0 Å². The molecule has 2 heteroatoms. The molecule has 1 rings (SSSR count). The number of allylic oxidation sites excluding steroid dienone is 1. The molecule has 0 aliphatic carbocycles. The number of oxime groups is 1. The van der Waals surface area contributed by atoms with Gasteiger partial charge in [-0.05, 0) is 19.4 Å². The molecule has 0 saturated carbocycles. The first-order valence-electron chi connectivity index (χ1n) is 4.16. The lowest BCUT2D eigenvalue weighted by atomic mass is 10.1. The predicted octanol–water partition coefficient (Wildman–Crippen LogP) is 2.76. The van der Waals surface area contributed by atoms with E-state index in [-0.39, 0.29) is 0 Å². The van der Waals surface area contributed by atoms with Crippen LogP contribution in [-0.4, -0.2) is 12.3 Å². The maximum absolute atomic E-state index is 4.86. The highest BCUT2D eigenvalue weighted by Gasteiger charge is 2.05. The maximum Gasteiger partial charge on any atom is 0.121 e. The van der Waals surface area contributed by atoms with Gasteiger partial charge in [0, 0.05) is 6.42 Å². The Balaban J connectivity index is 0.000000461. The highest BCUT2D eigenvalue weighted by molar-refractivity contribution is 5.98. The highest BCUT2D eigenvalue weighted by Crippen LogP contribution is 2.09. The summed E-state index contributed by atoms with van der Waals surface area (Å²) in [6, 6.07) is 0. The van der Waals surface area contributed by atoms with Gasteiger partial charge in [-0.1, -0.05) is 25.1 Å². The summed E-state index contributed by atoms with van der Waals surface area (Å²) in [5, 5.41) is 3.83. The van der Waals surface area contributed by atoms with E-state index >= 15 is 0 Å². The summed E-state index contributed by atoms with van der Waals surface area (Å²) in [5.74, 6) is 0. The molecule has 0 unspecified atom stereocenters. The van der Waals surface area contributed by atoms with Gasteiger partial charge >= 0.3 is 0 Å². The maximum atomic E-state index is 4.86. The lowest BCUT2D eigenvalue weighted by Crippen LogP contribution is -2.07. The van der Waals surface area contributed by atoms with Gasteiger partial charge in [0.15, 0.2) is 0 Å². The summed E-state index contributed by atoms with van der Waals surface area (Å²) in [6.07, 6.45) is 3.09. The van der Waals surface area contributed by atoms with E-state index in [1.807, 2.05) is 27.7 Å². The van der Waals surface area contributed by atoms with Gasteiger partial charge in [0.1, 0.15) is 6.61 Å². The Morgan fingerprint density at radius 2 is 2.09 bits per heavy atom.